The molecule has 0 saturated carbocycles. The molecule has 2 aromatic heterocycles. The van der Waals surface area contributed by atoms with Gasteiger partial charge in [0.2, 0.25) is 0 Å². The lowest BCUT2D eigenvalue weighted by atomic mass is 9.86. The van der Waals surface area contributed by atoms with E-state index in [4.69, 9.17) is 11.6 Å². The van der Waals surface area contributed by atoms with E-state index in [1.807, 2.05) is 66.7 Å². The Morgan fingerprint density at radius 1 is 0.846 bits per heavy atom. The summed E-state index contributed by atoms with van der Waals surface area (Å²) in [6.07, 6.45) is 4.16. The van der Waals surface area contributed by atoms with Crippen molar-refractivity contribution in [3.8, 4) is 5.75 Å². The molecule has 4 heteroatoms. The average Bonchev–Trinajstić information content (AvgIpc) is 2.69. The second kappa shape index (κ2) is 7.14. The zero-order valence-electron chi connectivity index (χ0n) is 14.0. The highest BCUT2D eigenvalue weighted by molar-refractivity contribution is 6.30. The van der Waals surface area contributed by atoms with E-state index in [9.17, 15) is 5.11 Å². The van der Waals surface area contributed by atoms with Crippen molar-refractivity contribution in [2.24, 2.45) is 0 Å². The van der Waals surface area contributed by atoms with Crippen LogP contribution in [-0.4, -0.2) is 15.1 Å². The topological polar surface area (TPSA) is 46.0 Å². The monoisotopic (exact) mass is 360 g/mol. The van der Waals surface area contributed by atoms with Crippen LogP contribution in [0.4, 0.5) is 0 Å². The van der Waals surface area contributed by atoms with Crippen LogP contribution in [0.2, 0.25) is 5.02 Å². The predicted octanol–water partition coefficient (Wildman–Crippen LogP) is 5.36. The minimum atomic E-state index is -0.0476. The quantitative estimate of drug-likeness (QED) is 0.532. The summed E-state index contributed by atoms with van der Waals surface area (Å²) in [4.78, 5) is 8.81. The highest BCUT2D eigenvalue weighted by atomic mass is 35.5. The van der Waals surface area contributed by atoms with Crippen molar-refractivity contribution in [3.05, 3.63) is 101 Å². The van der Waals surface area contributed by atoms with Gasteiger partial charge in [-0.3, -0.25) is 9.97 Å². The SMILES string of the molecule is Oc1c(C(Cc2ccccn2)c2ccc(Cl)cc2)ccc2cccnc12. The van der Waals surface area contributed by atoms with E-state index in [0.29, 0.717) is 17.0 Å². The van der Waals surface area contributed by atoms with Gasteiger partial charge < -0.3 is 5.11 Å². The predicted molar refractivity (Wildman–Crippen MR) is 105 cm³/mol. The van der Waals surface area contributed by atoms with E-state index < -0.39 is 0 Å². The number of aromatic nitrogens is 2. The third kappa shape index (κ3) is 3.26. The summed E-state index contributed by atoms with van der Waals surface area (Å²) >= 11 is 6.06. The van der Waals surface area contributed by atoms with Crippen molar-refractivity contribution in [1.29, 1.82) is 0 Å². The number of fused-ring (bicyclic) bond motifs is 1. The van der Waals surface area contributed by atoms with Crippen LogP contribution in [0.3, 0.4) is 0 Å². The van der Waals surface area contributed by atoms with Gasteiger partial charge in [0.25, 0.3) is 0 Å². The lowest BCUT2D eigenvalue weighted by Gasteiger charge is -2.20. The molecule has 0 spiro atoms. The Morgan fingerprint density at radius 3 is 2.42 bits per heavy atom. The van der Waals surface area contributed by atoms with Crippen LogP contribution in [-0.2, 0) is 6.42 Å². The minimum Gasteiger partial charge on any atom is -0.505 e. The molecule has 4 rings (SSSR count). The Labute approximate surface area is 156 Å². The van der Waals surface area contributed by atoms with Crippen molar-refractivity contribution in [3.63, 3.8) is 0 Å². The molecule has 26 heavy (non-hydrogen) atoms. The molecule has 128 valence electrons. The number of rotatable bonds is 4. The van der Waals surface area contributed by atoms with Crippen molar-refractivity contribution in [2.45, 2.75) is 12.3 Å². The van der Waals surface area contributed by atoms with Gasteiger partial charge in [0.15, 0.2) is 0 Å². The molecule has 0 radical (unpaired) electrons. The fourth-order valence-electron chi connectivity index (χ4n) is 3.26. The first-order valence-corrected chi connectivity index (χ1v) is 8.82. The molecule has 0 aliphatic carbocycles. The average molecular weight is 361 g/mol. The molecule has 0 aliphatic heterocycles. The van der Waals surface area contributed by atoms with Gasteiger partial charge in [-0.25, -0.2) is 0 Å². The second-order valence-electron chi connectivity index (χ2n) is 6.21. The Balaban J connectivity index is 1.84. The number of pyridine rings is 2. The van der Waals surface area contributed by atoms with E-state index in [-0.39, 0.29) is 11.7 Å². The molecule has 3 nitrogen and oxygen atoms in total. The fourth-order valence-corrected chi connectivity index (χ4v) is 3.38. The van der Waals surface area contributed by atoms with Crippen LogP contribution in [0, 0.1) is 0 Å². The van der Waals surface area contributed by atoms with Crippen LogP contribution in [0.25, 0.3) is 10.9 Å². The van der Waals surface area contributed by atoms with Crippen LogP contribution >= 0.6 is 11.6 Å². The highest BCUT2D eigenvalue weighted by Crippen LogP contribution is 2.37. The lowest BCUT2D eigenvalue weighted by Crippen LogP contribution is -2.07. The van der Waals surface area contributed by atoms with Crippen LogP contribution in [0.5, 0.6) is 5.75 Å². The lowest BCUT2D eigenvalue weighted by molar-refractivity contribution is 0.469. The molecule has 1 unspecified atom stereocenters. The summed E-state index contributed by atoms with van der Waals surface area (Å²) in [7, 11) is 0. The molecular formula is C22H17ClN2O. The van der Waals surface area contributed by atoms with Gasteiger partial charge in [-0.2, -0.15) is 0 Å². The maximum Gasteiger partial charge on any atom is 0.145 e. The second-order valence-corrected chi connectivity index (χ2v) is 6.64. The molecule has 0 aliphatic rings. The summed E-state index contributed by atoms with van der Waals surface area (Å²) in [6, 6.07) is 21.4. The number of hydrogen-bond donors (Lipinski definition) is 1. The van der Waals surface area contributed by atoms with Crippen LogP contribution < -0.4 is 0 Å². The van der Waals surface area contributed by atoms with Gasteiger partial charge in [-0.15, -0.1) is 0 Å². The van der Waals surface area contributed by atoms with E-state index in [1.54, 1.807) is 12.4 Å². The number of phenols is 1. The van der Waals surface area contributed by atoms with Gasteiger partial charge in [-0.1, -0.05) is 48.0 Å². The van der Waals surface area contributed by atoms with Crippen molar-refractivity contribution in [1.82, 2.24) is 9.97 Å². The molecule has 0 saturated heterocycles. The first-order valence-electron chi connectivity index (χ1n) is 8.44. The Morgan fingerprint density at radius 2 is 1.65 bits per heavy atom. The third-order valence-corrected chi connectivity index (χ3v) is 4.82. The first kappa shape index (κ1) is 16.6. The van der Waals surface area contributed by atoms with E-state index in [1.165, 1.54) is 0 Å². The molecule has 0 fully saturated rings. The molecule has 4 aromatic rings. The zero-order chi connectivity index (χ0) is 17.9. The summed E-state index contributed by atoms with van der Waals surface area (Å²) < 4.78 is 0. The number of phenolic OH excluding ortho intramolecular Hbond substituents is 1. The number of aromatic hydroxyl groups is 1. The Kier molecular flexibility index (Phi) is 4.55. The van der Waals surface area contributed by atoms with E-state index >= 15 is 0 Å². The molecule has 2 aromatic carbocycles. The largest absolute Gasteiger partial charge is 0.505 e. The normalized spacial score (nSPS) is 12.2. The summed E-state index contributed by atoms with van der Waals surface area (Å²) in [6.45, 7) is 0. The summed E-state index contributed by atoms with van der Waals surface area (Å²) in [5.41, 5.74) is 3.49. The van der Waals surface area contributed by atoms with Gasteiger partial charge in [0.1, 0.15) is 11.3 Å². The van der Waals surface area contributed by atoms with Gasteiger partial charge in [-0.05, 0) is 35.9 Å². The fraction of sp³-hybridized carbons (Fsp3) is 0.0909. The zero-order valence-corrected chi connectivity index (χ0v) is 14.8. The van der Waals surface area contributed by atoms with Crippen molar-refractivity contribution in [2.75, 3.05) is 0 Å². The molecular weight excluding hydrogens is 344 g/mol. The minimum absolute atomic E-state index is 0.0476. The van der Waals surface area contributed by atoms with Crippen LogP contribution in [0.15, 0.2) is 79.1 Å². The van der Waals surface area contributed by atoms with Crippen molar-refractivity contribution >= 4 is 22.5 Å². The van der Waals surface area contributed by atoms with Gasteiger partial charge >= 0.3 is 0 Å². The molecule has 1 N–H and O–H groups in total. The first-order chi connectivity index (χ1) is 12.7. The number of hydrogen-bond acceptors (Lipinski definition) is 3. The highest BCUT2D eigenvalue weighted by Gasteiger charge is 2.21. The number of benzene rings is 2. The van der Waals surface area contributed by atoms with Gasteiger partial charge in [0, 0.05) is 46.4 Å². The smallest absolute Gasteiger partial charge is 0.145 e. The molecule has 1 atom stereocenters. The molecule has 0 bridgehead atoms. The maximum absolute atomic E-state index is 10.9. The van der Waals surface area contributed by atoms with E-state index in [2.05, 4.69) is 9.97 Å². The number of halogens is 1. The summed E-state index contributed by atoms with van der Waals surface area (Å²) in [5.74, 6) is 0.174. The van der Waals surface area contributed by atoms with E-state index in [0.717, 1.165) is 22.2 Å². The summed E-state index contributed by atoms with van der Waals surface area (Å²) in [5, 5.41) is 12.5. The third-order valence-electron chi connectivity index (χ3n) is 4.57. The molecule has 0 amide bonds. The number of nitrogens with zero attached hydrogens (tertiary/aromatic N) is 2. The Bertz CT molecular complexity index is 1030. The molecule has 2 heterocycles. The standard InChI is InChI=1S/C22H17ClN2O/c23-17-9-6-15(7-10-17)20(14-18-5-1-2-12-24-18)19-11-8-16-4-3-13-25-21(16)22(19)26/h1-13,20,26H,14H2. The maximum atomic E-state index is 10.9. The van der Waals surface area contributed by atoms with Crippen LogP contribution in [0.1, 0.15) is 22.7 Å². The Hall–Kier alpha value is -2.91. The van der Waals surface area contributed by atoms with Gasteiger partial charge in [0.05, 0.1) is 0 Å². The van der Waals surface area contributed by atoms with Crippen molar-refractivity contribution < 1.29 is 5.11 Å².